The van der Waals surface area contributed by atoms with Crippen LogP contribution in [-0.2, 0) is 11.3 Å². The lowest BCUT2D eigenvalue weighted by Gasteiger charge is -2.15. The molecule has 0 aliphatic rings. The van der Waals surface area contributed by atoms with Gasteiger partial charge < -0.3 is 15.4 Å². The van der Waals surface area contributed by atoms with E-state index in [1.807, 2.05) is 20.0 Å². The van der Waals surface area contributed by atoms with Crippen LogP contribution in [-0.4, -0.2) is 29.9 Å². The molecule has 0 aliphatic carbocycles. The van der Waals surface area contributed by atoms with Crippen molar-refractivity contribution in [3.8, 4) is 0 Å². The lowest BCUT2D eigenvalue weighted by atomic mass is 10.4. The summed E-state index contributed by atoms with van der Waals surface area (Å²) in [4.78, 5) is 5.36. The van der Waals surface area contributed by atoms with Gasteiger partial charge in [-0.05, 0) is 26.1 Å². The highest BCUT2D eigenvalue weighted by molar-refractivity contribution is 7.80. The maximum Gasteiger partial charge on any atom is 0.166 e. The van der Waals surface area contributed by atoms with Crippen LogP contribution in [0.25, 0.3) is 0 Å². The van der Waals surface area contributed by atoms with E-state index < -0.39 is 0 Å². The predicted octanol–water partition coefficient (Wildman–Crippen LogP) is 1.45. The summed E-state index contributed by atoms with van der Waals surface area (Å²) in [6, 6.07) is 0.216. The molecule has 0 saturated carbocycles. The molecule has 0 radical (unpaired) electrons. The molecule has 1 heterocycles. The Bertz CT molecular complexity index is 341. The number of aromatic nitrogens is 1. The third-order valence-electron chi connectivity index (χ3n) is 1.89. The van der Waals surface area contributed by atoms with Crippen molar-refractivity contribution in [1.82, 2.24) is 15.6 Å². The zero-order valence-electron chi connectivity index (χ0n) is 9.74. The summed E-state index contributed by atoms with van der Waals surface area (Å²) < 4.78 is 5.01. The summed E-state index contributed by atoms with van der Waals surface area (Å²) in [6.45, 7) is 5.37. The fourth-order valence-corrected chi connectivity index (χ4v) is 2.23. The van der Waals surface area contributed by atoms with E-state index in [0.717, 1.165) is 11.6 Å². The average molecular weight is 259 g/mol. The van der Waals surface area contributed by atoms with Gasteiger partial charge >= 0.3 is 0 Å². The topological polar surface area (TPSA) is 46.2 Å². The minimum Gasteiger partial charge on any atom is -0.383 e. The Morgan fingerprint density at radius 1 is 1.69 bits per heavy atom. The summed E-state index contributed by atoms with van der Waals surface area (Å²) >= 11 is 6.83. The Labute approximate surface area is 105 Å². The van der Waals surface area contributed by atoms with Crippen molar-refractivity contribution in [2.75, 3.05) is 13.7 Å². The van der Waals surface area contributed by atoms with Crippen molar-refractivity contribution in [1.29, 1.82) is 0 Å². The molecule has 0 aromatic carbocycles. The molecule has 4 nitrogen and oxygen atoms in total. The quantitative estimate of drug-likeness (QED) is 0.784. The van der Waals surface area contributed by atoms with Crippen LogP contribution in [0.15, 0.2) is 6.20 Å². The molecule has 1 aromatic heterocycles. The van der Waals surface area contributed by atoms with E-state index in [0.29, 0.717) is 11.7 Å². The average Bonchev–Trinajstić information content (AvgIpc) is 2.61. The zero-order chi connectivity index (χ0) is 12.0. The van der Waals surface area contributed by atoms with E-state index in [9.17, 15) is 0 Å². The smallest absolute Gasteiger partial charge is 0.166 e. The van der Waals surface area contributed by atoms with Crippen molar-refractivity contribution in [2.45, 2.75) is 26.4 Å². The van der Waals surface area contributed by atoms with Crippen molar-refractivity contribution in [3.05, 3.63) is 16.1 Å². The first-order chi connectivity index (χ1) is 7.61. The maximum absolute atomic E-state index is 5.16. The number of rotatable bonds is 5. The van der Waals surface area contributed by atoms with Crippen molar-refractivity contribution in [3.63, 3.8) is 0 Å². The molecule has 1 unspecified atom stereocenters. The summed E-state index contributed by atoms with van der Waals surface area (Å²) in [5.41, 5.74) is 0. The third-order valence-corrected chi connectivity index (χ3v) is 3.06. The lowest BCUT2D eigenvalue weighted by molar-refractivity contribution is 0.179. The Morgan fingerprint density at radius 2 is 2.44 bits per heavy atom. The zero-order valence-corrected chi connectivity index (χ0v) is 11.4. The molecular weight excluding hydrogens is 242 g/mol. The van der Waals surface area contributed by atoms with Gasteiger partial charge in [0.2, 0.25) is 0 Å². The second-order valence-electron chi connectivity index (χ2n) is 3.53. The predicted molar refractivity (Wildman–Crippen MR) is 70.8 cm³/mol. The molecule has 1 atom stereocenters. The molecule has 1 aromatic rings. The van der Waals surface area contributed by atoms with Crippen LogP contribution in [0.2, 0.25) is 0 Å². The number of hydrogen-bond donors (Lipinski definition) is 2. The molecule has 0 fully saturated rings. The lowest BCUT2D eigenvalue weighted by Crippen LogP contribution is -2.41. The Hall–Kier alpha value is -0.720. The molecule has 2 N–H and O–H groups in total. The minimum absolute atomic E-state index is 0.216. The Morgan fingerprint density at radius 3 is 3.00 bits per heavy atom. The van der Waals surface area contributed by atoms with Gasteiger partial charge in [-0.15, -0.1) is 11.3 Å². The Kier molecular flexibility index (Phi) is 5.65. The van der Waals surface area contributed by atoms with E-state index in [1.54, 1.807) is 18.4 Å². The maximum atomic E-state index is 5.16. The largest absolute Gasteiger partial charge is 0.383 e. The van der Waals surface area contributed by atoms with Crippen LogP contribution in [0, 0.1) is 6.92 Å². The van der Waals surface area contributed by atoms with Gasteiger partial charge in [-0.3, -0.25) is 0 Å². The SMILES string of the molecule is COCC(C)NC(=S)NCc1cnc(C)s1. The van der Waals surface area contributed by atoms with Crippen molar-refractivity contribution < 1.29 is 4.74 Å². The molecule has 0 aliphatic heterocycles. The number of ether oxygens (including phenoxy) is 1. The Balaban J connectivity index is 2.25. The first kappa shape index (κ1) is 13.3. The van der Waals surface area contributed by atoms with Gasteiger partial charge in [0.15, 0.2) is 5.11 Å². The number of nitrogens with one attached hydrogen (secondary N) is 2. The summed E-state index contributed by atoms with van der Waals surface area (Å²) in [5, 5.41) is 8.00. The highest BCUT2D eigenvalue weighted by Gasteiger charge is 2.04. The first-order valence-corrected chi connectivity index (χ1v) is 6.29. The van der Waals surface area contributed by atoms with Gasteiger partial charge in [-0.25, -0.2) is 4.98 Å². The first-order valence-electron chi connectivity index (χ1n) is 5.06. The number of methoxy groups -OCH3 is 1. The molecule has 6 heteroatoms. The summed E-state index contributed by atoms with van der Waals surface area (Å²) in [7, 11) is 1.68. The van der Waals surface area contributed by atoms with Gasteiger partial charge in [0.05, 0.1) is 18.2 Å². The number of hydrogen-bond acceptors (Lipinski definition) is 4. The fourth-order valence-electron chi connectivity index (χ4n) is 1.22. The third kappa shape index (κ3) is 4.87. The van der Waals surface area contributed by atoms with E-state index in [-0.39, 0.29) is 6.04 Å². The highest BCUT2D eigenvalue weighted by atomic mass is 32.1. The van der Waals surface area contributed by atoms with Gasteiger partial charge in [0.25, 0.3) is 0 Å². The van der Waals surface area contributed by atoms with E-state index in [1.165, 1.54) is 4.88 Å². The molecule has 1 rings (SSSR count). The number of thiocarbonyl (C=S) groups is 1. The molecule has 0 bridgehead atoms. The second-order valence-corrected chi connectivity index (χ2v) is 5.26. The second kappa shape index (κ2) is 6.78. The van der Waals surface area contributed by atoms with Crippen LogP contribution in [0.3, 0.4) is 0 Å². The van der Waals surface area contributed by atoms with Crippen molar-refractivity contribution >= 4 is 28.7 Å². The molecule has 0 amide bonds. The van der Waals surface area contributed by atoms with Gasteiger partial charge in [-0.1, -0.05) is 0 Å². The molecule has 16 heavy (non-hydrogen) atoms. The number of nitrogens with zero attached hydrogens (tertiary/aromatic N) is 1. The molecule has 0 saturated heterocycles. The van der Waals surface area contributed by atoms with E-state index >= 15 is 0 Å². The normalized spacial score (nSPS) is 12.2. The summed E-state index contributed by atoms with van der Waals surface area (Å²) in [5.74, 6) is 0. The molecule has 90 valence electrons. The molecule has 0 spiro atoms. The van der Waals surface area contributed by atoms with Crippen LogP contribution in [0.4, 0.5) is 0 Å². The summed E-state index contributed by atoms with van der Waals surface area (Å²) in [6.07, 6.45) is 1.87. The van der Waals surface area contributed by atoms with Crippen LogP contribution < -0.4 is 10.6 Å². The monoisotopic (exact) mass is 259 g/mol. The van der Waals surface area contributed by atoms with E-state index in [2.05, 4.69) is 15.6 Å². The number of aryl methyl sites for hydroxylation is 1. The van der Waals surface area contributed by atoms with Crippen LogP contribution >= 0.6 is 23.6 Å². The van der Waals surface area contributed by atoms with Crippen LogP contribution in [0.5, 0.6) is 0 Å². The minimum atomic E-state index is 0.216. The highest BCUT2D eigenvalue weighted by Crippen LogP contribution is 2.10. The number of thiazole rings is 1. The van der Waals surface area contributed by atoms with Gasteiger partial charge in [0.1, 0.15) is 0 Å². The van der Waals surface area contributed by atoms with Crippen molar-refractivity contribution in [2.24, 2.45) is 0 Å². The fraction of sp³-hybridized carbons (Fsp3) is 0.600. The van der Waals surface area contributed by atoms with Gasteiger partial charge in [-0.2, -0.15) is 0 Å². The molecular formula is C10H17N3OS2. The van der Waals surface area contributed by atoms with Crippen LogP contribution in [0.1, 0.15) is 16.8 Å². The standard InChI is InChI=1S/C10H17N3OS2/c1-7(6-14-3)13-10(15)12-5-9-4-11-8(2)16-9/h4,7H,5-6H2,1-3H3,(H2,12,13,15). The van der Waals surface area contributed by atoms with E-state index in [4.69, 9.17) is 17.0 Å². The van der Waals surface area contributed by atoms with Gasteiger partial charge in [0, 0.05) is 24.2 Å².